The van der Waals surface area contributed by atoms with Gasteiger partial charge in [0.25, 0.3) is 0 Å². The molecular weight excluding hydrogens is 399 g/mol. The Hall–Kier alpha value is -2.28. The van der Waals surface area contributed by atoms with Gasteiger partial charge in [-0.1, -0.05) is 23.2 Å². The summed E-state index contributed by atoms with van der Waals surface area (Å²) in [6, 6.07) is 10.9. The summed E-state index contributed by atoms with van der Waals surface area (Å²) in [5.74, 6) is 0. The topological polar surface area (TPSA) is 70.4 Å². The molecule has 0 spiro atoms. The van der Waals surface area contributed by atoms with Crippen LogP contribution >= 0.6 is 23.2 Å². The van der Waals surface area contributed by atoms with Crippen LogP contribution in [0.3, 0.4) is 0 Å². The molecular formula is C20H20Cl2N4O2. The lowest BCUT2D eigenvalue weighted by molar-refractivity contribution is 0.203. The van der Waals surface area contributed by atoms with Gasteiger partial charge < -0.3 is 5.11 Å². The molecule has 0 bridgehead atoms. The Morgan fingerprint density at radius 3 is 2.61 bits per heavy atom. The molecule has 28 heavy (non-hydrogen) atoms. The molecule has 1 aromatic heterocycles. The Kier molecular flexibility index (Phi) is 5.19. The average molecular weight is 419 g/mol. The van der Waals surface area contributed by atoms with Crippen molar-refractivity contribution in [1.29, 1.82) is 0 Å². The third-order valence-electron chi connectivity index (χ3n) is 5.08. The summed E-state index contributed by atoms with van der Waals surface area (Å²) in [6.07, 6.45) is 2.36. The SMILES string of the molecule is CN(C(=O)O)c1ccc2c(c1)c(-c1cc(Cl)cc(Cl)c1)nn2[C@H]1CCCCN1. The molecule has 3 aromatic rings. The number of hydrogen-bond donors (Lipinski definition) is 2. The normalized spacial score (nSPS) is 17.0. The summed E-state index contributed by atoms with van der Waals surface area (Å²) in [5, 5.41) is 19.6. The maximum Gasteiger partial charge on any atom is 0.411 e. The van der Waals surface area contributed by atoms with Gasteiger partial charge in [-0.2, -0.15) is 5.10 Å². The number of aromatic nitrogens is 2. The van der Waals surface area contributed by atoms with Gasteiger partial charge in [-0.25, -0.2) is 9.48 Å². The molecule has 8 heteroatoms. The number of benzene rings is 2. The van der Waals surface area contributed by atoms with Crippen LogP contribution in [0.5, 0.6) is 0 Å². The molecule has 146 valence electrons. The first-order valence-corrected chi connectivity index (χ1v) is 9.88. The molecule has 1 fully saturated rings. The first-order valence-electron chi connectivity index (χ1n) is 9.13. The zero-order valence-electron chi connectivity index (χ0n) is 15.3. The fourth-order valence-electron chi connectivity index (χ4n) is 3.63. The maximum atomic E-state index is 11.4. The van der Waals surface area contributed by atoms with Crippen molar-refractivity contribution in [3.8, 4) is 11.3 Å². The fraction of sp³-hybridized carbons (Fsp3) is 0.300. The van der Waals surface area contributed by atoms with Crippen molar-refractivity contribution in [3.63, 3.8) is 0 Å². The average Bonchev–Trinajstić information content (AvgIpc) is 3.06. The number of carbonyl (C=O) groups is 1. The number of fused-ring (bicyclic) bond motifs is 1. The molecule has 2 aromatic carbocycles. The van der Waals surface area contributed by atoms with E-state index in [1.54, 1.807) is 12.1 Å². The molecule has 6 nitrogen and oxygen atoms in total. The van der Waals surface area contributed by atoms with Gasteiger partial charge in [0.05, 0.1) is 5.52 Å². The van der Waals surface area contributed by atoms with Crippen LogP contribution in [0.15, 0.2) is 36.4 Å². The molecule has 1 saturated heterocycles. The predicted octanol–water partition coefficient (Wildman–Crippen LogP) is 5.40. The largest absolute Gasteiger partial charge is 0.465 e. The van der Waals surface area contributed by atoms with E-state index in [9.17, 15) is 9.90 Å². The summed E-state index contributed by atoms with van der Waals surface area (Å²) in [7, 11) is 1.52. The highest BCUT2D eigenvalue weighted by Crippen LogP contribution is 2.35. The second-order valence-corrected chi connectivity index (χ2v) is 7.83. The van der Waals surface area contributed by atoms with Crippen molar-refractivity contribution in [1.82, 2.24) is 15.1 Å². The van der Waals surface area contributed by atoms with Crippen LogP contribution < -0.4 is 10.2 Å². The van der Waals surface area contributed by atoms with Gasteiger partial charge in [0.1, 0.15) is 11.9 Å². The van der Waals surface area contributed by atoms with Crippen LogP contribution in [0.2, 0.25) is 10.0 Å². The highest BCUT2D eigenvalue weighted by Gasteiger charge is 2.22. The monoisotopic (exact) mass is 418 g/mol. The van der Waals surface area contributed by atoms with Gasteiger partial charge in [-0.15, -0.1) is 0 Å². The van der Waals surface area contributed by atoms with E-state index in [2.05, 4.69) is 5.32 Å². The standard InChI is InChI=1S/C20H20Cl2N4O2/c1-25(20(27)28)15-5-6-17-16(11-15)19(12-8-13(21)10-14(22)9-12)24-26(17)18-4-2-3-7-23-18/h5-6,8-11,18,23H,2-4,7H2,1H3,(H,27,28)/t18-/m0/s1. The van der Waals surface area contributed by atoms with E-state index in [1.807, 2.05) is 28.9 Å². The quantitative estimate of drug-likeness (QED) is 0.597. The second-order valence-electron chi connectivity index (χ2n) is 6.96. The number of nitrogens with one attached hydrogen (secondary N) is 1. The summed E-state index contributed by atoms with van der Waals surface area (Å²) >= 11 is 12.4. The van der Waals surface area contributed by atoms with Crippen LogP contribution in [0, 0.1) is 0 Å². The molecule has 0 aliphatic carbocycles. The molecule has 1 amide bonds. The Labute approximate surface area is 172 Å². The fourth-order valence-corrected chi connectivity index (χ4v) is 4.16. The number of halogens is 2. The van der Waals surface area contributed by atoms with Gasteiger partial charge in [-0.3, -0.25) is 10.2 Å². The van der Waals surface area contributed by atoms with E-state index in [4.69, 9.17) is 28.3 Å². The van der Waals surface area contributed by atoms with E-state index >= 15 is 0 Å². The molecule has 2 heterocycles. The number of hydrogen-bond acceptors (Lipinski definition) is 3. The van der Waals surface area contributed by atoms with Crippen LogP contribution in [-0.4, -0.2) is 34.6 Å². The van der Waals surface area contributed by atoms with Gasteiger partial charge in [0.15, 0.2) is 0 Å². The van der Waals surface area contributed by atoms with Crippen LogP contribution in [0.25, 0.3) is 22.2 Å². The third-order valence-corrected chi connectivity index (χ3v) is 5.52. The summed E-state index contributed by atoms with van der Waals surface area (Å²) in [4.78, 5) is 12.6. The number of piperidine rings is 1. The summed E-state index contributed by atoms with van der Waals surface area (Å²) in [6.45, 7) is 0.949. The summed E-state index contributed by atoms with van der Waals surface area (Å²) < 4.78 is 1.99. The molecule has 0 unspecified atom stereocenters. The number of rotatable bonds is 3. The van der Waals surface area contributed by atoms with Gasteiger partial charge >= 0.3 is 6.09 Å². The first kappa shape index (κ1) is 19.1. The Morgan fingerprint density at radius 1 is 1.21 bits per heavy atom. The van der Waals surface area contributed by atoms with Gasteiger partial charge in [-0.05, 0) is 62.2 Å². The minimum Gasteiger partial charge on any atom is -0.465 e. The van der Waals surface area contributed by atoms with E-state index in [0.717, 1.165) is 48.0 Å². The van der Waals surface area contributed by atoms with Crippen LogP contribution in [-0.2, 0) is 0 Å². The Bertz CT molecular complexity index is 1020. The molecule has 4 rings (SSSR count). The van der Waals surface area contributed by atoms with Crippen molar-refractivity contribution >= 4 is 45.9 Å². The van der Waals surface area contributed by atoms with E-state index in [-0.39, 0.29) is 6.17 Å². The minimum absolute atomic E-state index is 0.0997. The molecule has 0 radical (unpaired) electrons. The molecule has 0 saturated carbocycles. The highest BCUT2D eigenvalue weighted by molar-refractivity contribution is 6.35. The third kappa shape index (κ3) is 3.55. The zero-order chi connectivity index (χ0) is 19.8. The van der Waals surface area contributed by atoms with Gasteiger partial charge in [0.2, 0.25) is 0 Å². The van der Waals surface area contributed by atoms with Crippen molar-refractivity contribution in [2.24, 2.45) is 0 Å². The lowest BCUT2D eigenvalue weighted by Crippen LogP contribution is -2.32. The molecule has 1 aliphatic rings. The molecule has 1 atom stereocenters. The van der Waals surface area contributed by atoms with E-state index < -0.39 is 6.09 Å². The number of nitrogens with zero attached hydrogens (tertiary/aromatic N) is 3. The van der Waals surface area contributed by atoms with E-state index in [0.29, 0.717) is 15.7 Å². The number of amides is 1. The first-order chi connectivity index (χ1) is 13.4. The Balaban J connectivity index is 1.92. The van der Waals surface area contributed by atoms with Crippen LogP contribution in [0.1, 0.15) is 25.4 Å². The molecule has 2 N–H and O–H groups in total. The van der Waals surface area contributed by atoms with Crippen LogP contribution in [0.4, 0.5) is 10.5 Å². The Morgan fingerprint density at radius 2 is 1.96 bits per heavy atom. The van der Waals surface area contributed by atoms with Crippen molar-refractivity contribution < 1.29 is 9.90 Å². The smallest absolute Gasteiger partial charge is 0.411 e. The zero-order valence-corrected chi connectivity index (χ0v) is 16.8. The predicted molar refractivity (Wildman–Crippen MR) is 113 cm³/mol. The van der Waals surface area contributed by atoms with Crippen molar-refractivity contribution in [3.05, 3.63) is 46.4 Å². The van der Waals surface area contributed by atoms with Crippen molar-refractivity contribution in [2.75, 3.05) is 18.5 Å². The highest BCUT2D eigenvalue weighted by atomic mass is 35.5. The second kappa shape index (κ2) is 7.62. The maximum absolute atomic E-state index is 11.4. The molecule has 1 aliphatic heterocycles. The minimum atomic E-state index is -1.02. The lowest BCUT2D eigenvalue weighted by atomic mass is 10.1. The van der Waals surface area contributed by atoms with Crippen molar-refractivity contribution in [2.45, 2.75) is 25.4 Å². The number of carboxylic acid groups (broad SMARTS) is 1. The van der Waals surface area contributed by atoms with E-state index in [1.165, 1.54) is 11.9 Å². The lowest BCUT2D eigenvalue weighted by Gasteiger charge is -2.24. The van der Waals surface area contributed by atoms with Gasteiger partial charge in [0, 0.05) is 33.7 Å². The number of anilines is 1. The summed E-state index contributed by atoms with van der Waals surface area (Å²) in [5.41, 5.74) is 3.04.